The number of aromatic nitrogens is 2. The number of sulfonamides is 1. The third kappa shape index (κ3) is 5.10. The van der Waals surface area contributed by atoms with E-state index in [2.05, 4.69) is 9.97 Å². The van der Waals surface area contributed by atoms with E-state index in [1.807, 2.05) is 12.1 Å². The second-order valence-electron chi connectivity index (χ2n) is 10.2. The molecule has 2 fully saturated rings. The van der Waals surface area contributed by atoms with Gasteiger partial charge in [-0.05, 0) is 55.9 Å². The zero-order valence-corrected chi connectivity index (χ0v) is 22.6. The molecule has 7 nitrogen and oxygen atoms in total. The molecule has 5 rings (SSSR count). The van der Waals surface area contributed by atoms with Crippen molar-refractivity contribution in [2.45, 2.75) is 68.8 Å². The van der Waals surface area contributed by atoms with Crippen LogP contribution in [0, 0.1) is 30.2 Å². The first kappa shape index (κ1) is 28.2. The molecule has 1 aliphatic heterocycles. The van der Waals surface area contributed by atoms with Crippen molar-refractivity contribution >= 4 is 21.6 Å². The molecule has 0 radical (unpaired) electrons. The van der Waals surface area contributed by atoms with Crippen LogP contribution >= 0.6 is 0 Å². The zero-order chi connectivity index (χ0) is 28.6. The van der Waals surface area contributed by atoms with Gasteiger partial charge in [-0.2, -0.15) is 4.31 Å². The number of amides is 1. The van der Waals surface area contributed by atoms with Gasteiger partial charge >= 0.3 is 0 Å². The summed E-state index contributed by atoms with van der Waals surface area (Å²) in [7, 11) is -5.10. The Labute approximate surface area is 229 Å². The van der Waals surface area contributed by atoms with E-state index in [0.29, 0.717) is 21.6 Å². The maximum absolute atomic E-state index is 14.6. The molecule has 1 aromatic carbocycles. The van der Waals surface area contributed by atoms with Gasteiger partial charge in [0.15, 0.2) is 28.2 Å². The lowest BCUT2D eigenvalue weighted by atomic mass is 9.85. The van der Waals surface area contributed by atoms with Crippen LogP contribution in [0.15, 0.2) is 47.8 Å². The number of nitrogens with zero attached hydrogens (tertiary/aromatic N) is 4. The first-order valence-electron chi connectivity index (χ1n) is 13.1. The topological polar surface area (TPSA) is 83.5 Å². The number of pyridine rings is 2. The van der Waals surface area contributed by atoms with E-state index in [1.54, 1.807) is 18.3 Å². The van der Waals surface area contributed by atoms with Gasteiger partial charge in [0.1, 0.15) is 6.04 Å². The summed E-state index contributed by atoms with van der Waals surface area (Å²) >= 11 is 0. The molecule has 3 heterocycles. The molecule has 2 aliphatic rings. The summed E-state index contributed by atoms with van der Waals surface area (Å²) in [4.78, 5) is 21.9. The number of hydrogen-bond acceptors (Lipinski definition) is 5. The summed E-state index contributed by atoms with van der Waals surface area (Å²) < 4.78 is 84.6. The molecular weight excluding hydrogens is 548 g/mol. The number of carbonyl (C=O) groups excluding carboxylic acids is 1. The largest absolute Gasteiger partial charge is 0.303 e. The lowest BCUT2D eigenvalue weighted by Crippen LogP contribution is -2.59. The second-order valence-corrected chi connectivity index (χ2v) is 12.0. The highest BCUT2D eigenvalue weighted by molar-refractivity contribution is 7.89. The smallest absolute Gasteiger partial charge is 0.249 e. The first-order valence-corrected chi connectivity index (χ1v) is 14.6. The van der Waals surface area contributed by atoms with E-state index >= 15 is 0 Å². The molecule has 1 amide bonds. The number of benzene rings is 1. The Kier molecular flexibility index (Phi) is 7.92. The molecule has 40 heavy (non-hydrogen) atoms. The van der Waals surface area contributed by atoms with Crippen molar-refractivity contribution in [3.8, 4) is 0 Å². The van der Waals surface area contributed by atoms with Crippen LogP contribution in [0.1, 0.15) is 61.3 Å². The SMILES string of the molecule is Cc1c(F)c(F)c(S(=O)(=O)N2CC[C@@H]2C(=O)N(Cc2ccc(C3CCCCC3)cn2)c2cccnc2)c(F)c1F. The Morgan fingerprint density at radius 1 is 0.975 bits per heavy atom. The van der Waals surface area contributed by atoms with Crippen molar-refractivity contribution in [1.82, 2.24) is 14.3 Å². The van der Waals surface area contributed by atoms with E-state index in [4.69, 9.17) is 0 Å². The van der Waals surface area contributed by atoms with Crippen LogP contribution in [0.4, 0.5) is 23.2 Å². The molecule has 1 saturated heterocycles. The molecule has 12 heteroatoms. The number of anilines is 1. The van der Waals surface area contributed by atoms with Crippen molar-refractivity contribution in [2.75, 3.05) is 11.4 Å². The van der Waals surface area contributed by atoms with Crippen molar-refractivity contribution in [1.29, 1.82) is 0 Å². The molecule has 212 valence electrons. The summed E-state index contributed by atoms with van der Waals surface area (Å²) in [6.45, 7) is 0.519. The predicted octanol–water partition coefficient (Wildman–Crippen LogP) is 5.39. The highest BCUT2D eigenvalue weighted by Gasteiger charge is 2.47. The average molecular weight is 577 g/mol. The third-order valence-electron chi connectivity index (χ3n) is 7.73. The summed E-state index contributed by atoms with van der Waals surface area (Å²) in [6.07, 6.45) is 10.5. The second kappa shape index (κ2) is 11.2. The summed E-state index contributed by atoms with van der Waals surface area (Å²) in [6, 6.07) is 5.67. The highest BCUT2D eigenvalue weighted by atomic mass is 32.2. The van der Waals surface area contributed by atoms with Crippen LogP contribution < -0.4 is 4.90 Å². The minimum absolute atomic E-state index is 0.0175. The Balaban J connectivity index is 1.43. The fourth-order valence-corrected chi connectivity index (χ4v) is 7.06. The molecule has 1 saturated carbocycles. The van der Waals surface area contributed by atoms with E-state index in [-0.39, 0.29) is 19.5 Å². The van der Waals surface area contributed by atoms with Gasteiger partial charge in [0, 0.05) is 24.5 Å². The average Bonchev–Trinajstić information content (AvgIpc) is 2.94. The Morgan fingerprint density at radius 3 is 2.23 bits per heavy atom. The van der Waals surface area contributed by atoms with Gasteiger partial charge in [-0.15, -0.1) is 0 Å². The third-order valence-corrected chi connectivity index (χ3v) is 9.66. The van der Waals surface area contributed by atoms with E-state index < -0.39 is 55.7 Å². The van der Waals surface area contributed by atoms with Gasteiger partial charge in [0.05, 0.1) is 24.1 Å². The van der Waals surface area contributed by atoms with Gasteiger partial charge in [0.25, 0.3) is 0 Å². The van der Waals surface area contributed by atoms with Crippen LogP contribution in [-0.4, -0.2) is 41.2 Å². The fourth-order valence-electron chi connectivity index (χ4n) is 5.32. The Bertz CT molecular complexity index is 1490. The molecule has 2 aromatic heterocycles. The van der Waals surface area contributed by atoms with Crippen LogP contribution in [0.2, 0.25) is 0 Å². The minimum Gasteiger partial charge on any atom is -0.303 e. The molecule has 1 atom stereocenters. The van der Waals surface area contributed by atoms with Crippen LogP contribution in [0.25, 0.3) is 0 Å². The fraction of sp³-hybridized carbons (Fsp3) is 0.393. The molecule has 0 N–H and O–H groups in total. The maximum atomic E-state index is 14.6. The summed E-state index contributed by atoms with van der Waals surface area (Å²) in [5, 5.41) is 0. The number of carbonyl (C=O) groups is 1. The van der Waals surface area contributed by atoms with Crippen molar-refractivity contribution in [2.24, 2.45) is 0 Å². The summed E-state index contributed by atoms with van der Waals surface area (Å²) in [5.41, 5.74) is 1.06. The normalized spacial score (nSPS) is 18.4. The number of rotatable bonds is 7. The predicted molar refractivity (Wildman–Crippen MR) is 139 cm³/mol. The van der Waals surface area contributed by atoms with Crippen LogP contribution in [0.5, 0.6) is 0 Å². The number of hydrogen-bond donors (Lipinski definition) is 0. The zero-order valence-electron chi connectivity index (χ0n) is 21.8. The van der Waals surface area contributed by atoms with Crippen LogP contribution in [-0.2, 0) is 21.4 Å². The van der Waals surface area contributed by atoms with Gasteiger partial charge < -0.3 is 4.90 Å². The van der Waals surface area contributed by atoms with Crippen molar-refractivity contribution in [3.63, 3.8) is 0 Å². The standard InChI is InChI=1S/C28H28F4N4O3S/c1-17-23(29)25(31)27(26(32)24(17)30)40(38,39)36-13-11-22(36)28(37)35(21-8-5-12-33-15-21)16-20-10-9-19(14-34-20)18-6-3-2-4-7-18/h5,8-10,12,14-15,18,22H,2-4,6-7,11,13,16H2,1H3/t22-/m1/s1. The van der Waals surface area contributed by atoms with Gasteiger partial charge in [0.2, 0.25) is 15.9 Å². The molecule has 0 spiro atoms. The quantitative estimate of drug-likeness (QED) is 0.279. The molecule has 0 bridgehead atoms. The van der Waals surface area contributed by atoms with Crippen LogP contribution in [0.3, 0.4) is 0 Å². The van der Waals surface area contributed by atoms with Gasteiger partial charge in [-0.1, -0.05) is 25.3 Å². The molecule has 3 aromatic rings. The minimum atomic E-state index is -5.10. The summed E-state index contributed by atoms with van der Waals surface area (Å²) in [5.74, 6) is -7.91. The highest BCUT2D eigenvalue weighted by Crippen LogP contribution is 2.35. The van der Waals surface area contributed by atoms with Gasteiger partial charge in [-0.25, -0.2) is 26.0 Å². The molecular formula is C28H28F4N4O3S. The van der Waals surface area contributed by atoms with E-state index in [1.165, 1.54) is 36.6 Å². The Morgan fingerprint density at radius 2 is 1.68 bits per heavy atom. The lowest BCUT2D eigenvalue weighted by molar-refractivity contribution is -0.125. The Hall–Kier alpha value is -3.38. The molecule has 0 unspecified atom stereocenters. The monoisotopic (exact) mass is 576 g/mol. The van der Waals surface area contributed by atoms with Crippen molar-refractivity contribution in [3.05, 3.63) is 82.9 Å². The molecule has 1 aliphatic carbocycles. The number of halogens is 4. The first-order chi connectivity index (χ1) is 19.1. The maximum Gasteiger partial charge on any atom is 0.249 e. The van der Waals surface area contributed by atoms with E-state index in [9.17, 15) is 30.8 Å². The van der Waals surface area contributed by atoms with E-state index in [0.717, 1.165) is 25.3 Å². The van der Waals surface area contributed by atoms with Crippen molar-refractivity contribution < 1.29 is 30.8 Å². The lowest BCUT2D eigenvalue weighted by Gasteiger charge is -2.41. The van der Waals surface area contributed by atoms with Gasteiger partial charge in [-0.3, -0.25) is 14.8 Å².